The predicted molar refractivity (Wildman–Crippen MR) is 99.7 cm³/mol. The number of aromatic nitrogens is 2. The van der Waals surface area contributed by atoms with Gasteiger partial charge in [-0.1, -0.05) is 0 Å². The highest BCUT2D eigenvalue weighted by Crippen LogP contribution is 2.34. The molecule has 1 aromatic heterocycles. The van der Waals surface area contributed by atoms with Crippen LogP contribution in [-0.4, -0.2) is 66.4 Å². The number of fused-ring (bicyclic) bond motifs is 1. The van der Waals surface area contributed by atoms with Gasteiger partial charge in [0.05, 0.1) is 6.20 Å². The molecule has 4 rings (SSSR count). The number of rotatable bonds is 3. The Labute approximate surface area is 162 Å². The van der Waals surface area contributed by atoms with Gasteiger partial charge < -0.3 is 19.7 Å². The zero-order valence-electron chi connectivity index (χ0n) is 15.4. The lowest BCUT2D eigenvalue weighted by Crippen LogP contribution is -2.39. The van der Waals surface area contributed by atoms with Gasteiger partial charge in [0.1, 0.15) is 4.90 Å². The van der Waals surface area contributed by atoms with Crippen LogP contribution in [0.2, 0.25) is 0 Å². The molecule has 10 nitrogen and oxygen atoms in total. The van der Waals surface area contributed by atoms with Gasteiger partial charge in [0.2, 0.25) is 16.8 Å². The van der Waals surface area contributed by atoms with E-state index in [2.05, 4.69) is 10.4 Å². The van der Waals surface area contributed by atoms with Crippen molar-refractivity contribution in [3.63, 3.8) is 0 Å². The van der Waals surface area contributed by atoms with Crippen molar-refractivity contribution in [3.8, 4) is 11.5 Å². The van der Waals surface area contributed by atoms with Crippen molar-refractivity contribution in [2.45, 2.75) is 11.3 Å². The molecule has 1 N–H and O–H groups in total. The van der Waals surface area contributed by atoms with E-state index in [-0.39, 0.29) is 24.3 Å². The third kappa shape index (κ3) is 3.62. The molecule has 0 bridgehead atoms. The highest BCUT2D eigenvalue weighted by molar-refractivity contribution is 7.89. The van der Waals surface area contributed by atoms with Gasteiger partial charge in [-0.2, -0.15) is 9.40 Å². The molecule has 0 radical (unpaired) electrons. The molecular weight excluding hydrogens is 386 g/mol. The van der Waals surface area contributed by atoms with E-state index in [4.69, 9.17) is 9.47 Å². The summed E-state index contributed by atoms with van der Waals surface area (Å²) in [4.78, 5) is 14.4. The first kappa shape index (κ1) is 18.6. The maximum absolute atomic E-state index is 12.8. The van der Waals surface area contributed by atoms with Crippen molar-refractivity contribution in [2.24, 2.45) is 7.05 Å². The van der Waals surface area contributed by atoms with Crippen molar-refractivity contribution in [1.82, 2.24) is 19.0 Å². The number of ether oxygens (including phenoxy) is 2. The molecule has 1 fully saturated rings. The second-order valence-electron chi connectivity index (χ2n) is 6.59. The number of nitrogens with zero attached hydrogens (tertiary/aromatic N) is 4. The molecule has 0 aliphatic carbocycles. The van der Waals surface area contributed by atoms with E-state index in [0.717, 1.165) is 0 Å². The van der Waals surface area contributed by atoms with Gasteiger partial charge in [-0.15, -0.1) is 0 Å². The quantitative estimate of drug-likeness (QED) is 0.816. The van der Waals surface area contributed by atoms with Crippen molar-refractivity contribution in [1.29, 1.82) is 0 Å². The van der Waals surface area contributed by atoms with Crippen molar-refractivity contribution in [3.05, 3.63) is 30.6 Å². The first-order valence-electron chi connectivity index (χ1n) is 8.88. The molecule has 0 atom stereocenters. The number of benzene rings is 1. The van der Waals surface area contributed by atoms with Crippen LogP contribution >= 0.6 is 0 Å². The van der Waals surface area contributed by atoms with Gasteiger partial charge in [0.15, 0.2) is 11.5 Å². The molecule has 1 saturated heterocycles. The minimum Gasteiger partial charge on any atom is -0.454 e. The van der Waals surface area contributed by atoms with Crippen LogP contribution in [0.5, 0.6) is 11.5 Å². The van der Waals surface area contributed by atoms with Crippen LogP contribution in [-0.2, 0) is 17.1 Å². The summed E-state index contributed by atoms with van der Waals surface area (Å²) in [5, 5.41) is 6.76. The molecule has 3 heterocycles. The largest absolute Gasteiger partial charge is 0.454 e. The Morgan fingerprint density at radius 1 is 1.14 bits per heavy atom. The van der Waals surface area contributed by atoms with Gasteiger partial charge in [0, 0.05) is 51.2 Å². The molecule has 150 valence electrons. The van der Waals surface area contributed by atoms with Crippen LogP contribution in [0.25, 0.3) is 0 Å². The van der Waals surface area contributed by atoms with Gasteiger partial charge in [-0.3, -0.25) is 4.68 Å². The normalized spacial score (nSPS) is 17.4. The minimum absolute atomic E-state index is 0.160. The van der Waals surface area contributed by atoms with E-state index in [1.54, 1.807) is 30.1 Å². The smallest absolute Gasteiger partial charge is 0.321 e. The molecule has 0 spiro atoms. The van der Waals surface area contributed by atoms with E-state index in [1.165, 1.54) is 21.4 Å². The number of hydrogen-bond acceptors (Lipinski definition) is 6. The van der Waals surface area contributed by atoms with Crippen molar-refractivity contribution >= 4 is 21.7 Å². The Hall–Kier alpha value is -2.79. The lowest BCUT2D eigenvalue weighted by Gasteiger charge is -2.22. The van der Waals surface area contributed by atoms with Gasteiger partial charge in [-0.25, -0.2) is 13.2 Å². The third-order valence-corrected chi connectivity index (χ3v) is 6.54. The van der Waals surface area contributed by atoms with Gasteiger partial charge >= 0.3 is 6.03 Å². The summed E-state index contributed by atoms with van der Waals surface area (Å²) in [7, 11) is -1.95. The summed E-state index contributed by atoms with van der Waals surface area (Å²) < 4.78 is 38.9. The highest BCUT2D eigenvalue weighted by atomic mass is 32.2. The zero-order chi connectivity index (χ0) is 19.7. The van der Waals surface area contributed by atoms with E-state index in [9.17, 15) is 13.2 Å². The summed E-state index contributed by atoms with van der Waals surface area (Å²) in [6, 6.07) is 4.90. The average Bonchev–Trinajstić information content (AvgIpc) is 3.23. The number of nitrogens with one attached hydrogen (secondary N) is 1. The Morgan fingerprint density at radius 2 is 1.96 bits per heavy atom. The maximum atomic E-state index is 12.8. The second kappa shape index (κ2) is 7.32. The van der Waals surface area contributed by atoms with Gasteiger partial charge in [-0.05, 0) is 18.6 Å². The van der Waals surface area contributed by atoms with Crippen LogP contribution in [0.3, 0.4) is 0 Å². The molecule has 2 amide bonds. The lowest BCUT2D eigenvalue weighted by molar-refractivity contribution is 0.174. The number of aryl methyl sites for hydroxylation is 1. The van der Waals surface area contributed by atoms with Gasteiger partial charge in [0.25, 0.3) is 0 Å². The SMILES string of the molecule is Cn1cc(S(=O)(=O)N2CCCN(C(=O)Nc3ccc4c(c3)OCO4)CC2)cn1. The monoisotopic (exact) mass is 407 g/mol. The lowest BCUT2D eigenvalue weighted by atomic mass is 10.3. The minimum atomic E-state index is -3.62. The highest BCUT2D eigenvalue weighted by Gasteiger charge is 2.29. The molecular formula is C17H21N5O5S. The van der Waals surface area contributed by atoms with E-state index >= 15 is 0 Å². The second-order valence-corrected chi connectivity index (χ2v) is 8.53. The number of amides is 2. The Morgan fingerprint density at radius 3 is 2.75 bits per heavy atom. The Kier molecular flexibility index (Phi) is 4.85. The maximum Gasteiger partial charge on any atom is 0.321 e. The summed E-state index contributed by atoms with van der Waals surface area (Å²) in [6.45, 7) is 1.52. The van der Waals surface area contributed by atoms with Crippen molar-refractivity contribution in [2.75, 3.05) is 38.3 Å². The number of carbonyl (C=O) groups excluding carboxylic acids is 1. The molecule has 0 unspecified atom stereocenters. The Bertz CT molecular complexity index is 990. The van der Waals surface area contributed by atoms with Crippen LogP contribution < -0.4 is 14.8 Å². The topological polar surface area (TPSA) is 106 Å². The molecule has 28 heavy (non-hydrogen) atoms. The fourth-order valence-corrected chi connectivity index (χ4v) is 4.65. The summed E-state index contributed by atoms with van der Waals surface area (Å²) >= 11 is 0. The van der Waals surface area contributed by atoms with Crippen LogP contribution in [0, 0.1) is 0 Å². The third-order valence-electron chi connectivity index (χ3n) is 4.68. The molecule has 11 heteroatoms. The average molecular weight is 407 g/mol. The number of sulfonamides is 1. The van der Waals surface area contributed by atoms with Crippen molar-refractivity contribution < 1.29 is 22.7 Å². The molecule has 0 saturated carbocycles. The first-order valence-corrected chi connectivity index (χ1v) is 10.3. The summed E-state index contributed by atoms with van der Waals surface area (Å²) in [5.41, 5.74) is 0.596. The summed E-state index contributed by atoms with van der Waals surface area (Å²) in [6.07, 6.45) is 3.36. The van der Waals surface area contributed by atoms with Crippen LogP contribution in [0.1, 0.15) is 6.42 Å². The molecule has 1 aromatic carbocycles. The zero-order valence-corrected chi connectivity index (χ0v) is 16.2. The number of carbonyl (C=O) groups is 1. The van der Waals surface area contributed by atoms with Crippen LogP contribution in [0.15, 0.2) is 35.5 Å². The van der Waals surface area contributed by atoms with Crippen LogP contribution in [0.4, 0.5) is 10.5 Å². The van der Waals surface area contributed by atoms with E-state index in [0.29, 0.717) is 43.2 Å². The molecule has 2 aliphatic rings. The first-order chi connectivity index (χ1) is 13.4. The van der Waals surface area contributed by atoms with E-state index in [1.807, 2.05) is 0 Å². The molecule has 2 aromatic rings. The standard InChI is InChI=1S/C17H21N5O5S/c1-20-11-14(10-18-20)28(24,25)22-6-2-5-21(7-8-22)17(23)19-13-3-4-15-16(9-13)27-12-26-15/h3-4,9-11H,2,5-8,12H2,1H3,(H,19,23). The number of urea groups is 1. The van der Waals surface area contributed by atoms with E-state index < -0.39 is 10.0 Å². The summed E-state index contributed by atoms with van der Waals surface area (Å²) in [5.74, 6) is 1.23. The fourth-order valence-electron chi connectivity index (χ4n) is 3.20. The fraction of sp³-hybridized carbons (Fsp3) is 0.412. The number of anilines is 1. The number of hydrogen-bond donors (Lipinski definition) is 1. The molecule has 2 aliphatic heterocycles. The predicted octanol–water partition coefficient (Wildman–Crippen LogP) is 1.08. The Balaban J connectivity index is 1.40.